The molecule has 1 atom stereocenters. The molecule has 1 aliphatic carbocycles. The summed E-state index contributed by atoms with van der Waals surface area (Å²) >= 11 is 1.73. The Labute approximate surface area is 123 Å². The molecule has 4 nitrogen and oxygen atoms in total. The number of aliphatic carboxylic acids is 1. The van der Waals surface area contributed by atoms with Gasteiger partial charge < -0.3 is 5.11 Å². The molecule has 20 heavy (non-hydrogen) atoms. The molecule has 3 rings (SSSR count). The highest BCUT2D eigenvalue weighted by Crippen LogP contribution is 2.31. The number of piperidine rings is 1. The van der Waals surface area contributed by atoms with Crippen molar-refractivity contribution in [1.82, 2.24) is 9.88 Å². The van der Waals surface area contributed by atoms with Crippen LogP contribution in [0.4, 0.5) is 0 Å². The SMILES string of the molecule is CC1CCN(Cc2nc3c(s2)CC(C(=O)O)CC3)CC1. The van der Waals surface area contributed by atoms with Crippen molar-refractivity contribution in [2.24, 2.45) is 11.8 Å². The first kappa shape index (κ1) is 14.0. The Kier molecular flexibility index (Phi) is 4.08. The Morgan fingerprint density at radius 1 is 1.40 bits per heavy atom. The molecule has 0 saturated carbocycles. The third kappa shape index (κ3) is 3.04. The maximum atomic E-state index is 11.1. The zero-order valence-electron chi connectivity index (χ0n) is 12.0. The van der Waals surface area contributed by atoms with Crippen LogP contribution >= 0.6 is 11.3 Å². The summed E-state index contributed by atoms with van der Waals surface area (Å²) in [6.07, 6.45) is 4.82. The average molecular weight is 294 g/mol. The number of fused-ring (bicyclic) bond motifs is 1. The second-order valence-electron chi connectivity index (χ2n) is 6.21. The van der Waals surface area contributed by atoms with Crippen LogP contribution in [-0.2, 0) is 24.2 Å². The Bertz CT molecular complexity index is 492. The van der Waals surface area contributed by atoms with Gasteiger partial charge in [0.15, 0.2) is 0 Å². The lowest BCUT2D eigenvalue weighted by Gasteiger charge is -2.29. The molecule has 2 heterocycles. The number of hydrogen-bond acceptors (Lipinski definition) is 4. The molecule has 1 aromatic heterocycles. The van der Waals surface area contributed by atoms with Gasteiger partial charge >= 0.3 is 5.97 Å². The smallest absolute Gasteiger partial charge is 0.306 e. The van der Waals surface area contributed by atoms with Gasteiger partial charge in [0.2, 0.25) is 0 Å². The molecule has 0 radical (unpaired) electrons. The van der Waals surface area contributed by atoms with Crippen LogP contribution < -0.4 is 0 Å². The van der Waals surface area contributed by atoms with E-state index < -0.39 is 5.97 Å². The molecule has 0 bridgehead atoms. The van der Waals surface area contributed by atoms with Crippen LogP contribution in [0.3, 0.4) is 0 Å². The normalized spacial score (nSPS) is 24.6. The van der Waals surface area contributed by atoms with Crippen molar-refractivity contribution >= 4 is 17.3 Å². The maximum Gasteiger partial charge on any atom is 0.306 e. The summed E-state index contributed by atoms with van der Waals surface area (Å²) in [5.41, 5.74) is 1.16. The van der Waals surface area contributed by atoms with Crippen molar-refractivity contribution < 1.29 is 9.90 Å². The van der Waals surface area contributed by atoms with Gasteiger partial charge in [-0.1, -0.05) is 6.92 Å². The number of rotatable bonds is 3. The second kappa shape index (κ2) is 5.82. The molecule has 1 fully saturated rings. The van der Waals surface area contributed by atoms with Crippen LogP contribution in [0.5, 0.6) is 0 Å². The Balaban J connectivity index is 1.63. The van der Waals surface area contributed by atoms with Crippen LogP contribution in [0.25, 0.3) is 0 Å². The van der Waals surface area contributed by atoms with Crippen molar-refractivity contribution in [1.29, 1.82) is 0 Å². The van der Waals surface area contributed by atoms with E-state index in [0.717, 1.165) is 31.0 Å². The monoisotopic (exact) mass is 294 g/mol. The van der Waals surface area contributed by atoms with Crippen molar-refractivity contribution in [3.63, 3.8) is 0 Å². The number of aromatic nitrogens is 1. The van der Waals surface area contributed by atoms with Gasteiger partial charge in [0, 0.05) is 4.88 Å². The van der Waals surface area contributed by atoms with E-state index in [-0.39, 0.29) is 5.92 Å². The third-order valence-electron chi connectivity index (χ3n) is 4.57. The Hall–Kier alpha value is -0.940. The van der Waals surface area contributed by atoms with E-state index >= 15 is 0 Å². The highest BCUT2D eigenvalue weighted by Gasteiger charge is 2.27. The summed E-state index contributed by atoms with van der Waals surface area (Å²) in [6, 6.07) is 0. The van der Waals surface area contributed by atoms with Gasteiger partial charge in [0.1, 0.15) is 5.01 Å². The predicted octanol–water partition coefficient (Wildman–Crippen LogP) is 2.56. The molecular formula is C15H22N2O2S. The van der Waals surface area contributed by atoms with E-state index in [2.05, 4.69) is 11.8 Å². The maximum absolute atomic E-state index is 11.1. The van der Waals surface area contributed by atoms with E-state index in [0.29, 0.717) is 6.42 Å². The summed E-state index contributed by atoms with van der Waals surface area (Å²) in [5.74, 6) is -0.00525. The minimum Gasteiger partial charge on any atom is -0.481 e. The largest absolute Gasteiger partial charge is 0.481 e. The van der Waals surface area contributed by atoms with Gasteiger partial charge in [-0.3, -0.25) is 9.69 Å². The van der Waals surface area contributed by atoms with E-state index in [1.165, 1.54) is 35.8 Å². The number of carbonyl (C=O) groups is 1. The number of hydrogen-bond donors (Lipinski definition) is 1. The molecule has 2 aliphatic rings. The molecule has 0 spiro atoms. The molecule has 1 aliphatic heterocycles. The lowest BCUT2D eigenvalue weighted by atomic mass is 9.91. The highest BCUT2D eigenvalue weighted by atomic mass is 32.1. The topological polar surface area (TPSA) is 53.4 Å². The standard InChI is InChI=1S/C15H22N2O2S/c1-10-4-6-17(7-5-10)9-14-16-12-3-2-11(15(18)19)8-13(12)20-14/h10-11H,2-9H2,1H3,(H,18,19). The average Bonchev–Trinajstić information content (AvgIpc) is 2.82. The second-order valence-corrected chi connectivity index (χ2v) is 7.38. The minimum absolute atomic E-state index is 0.202. The predicted molar refractivity (Wildman–Crippen MR) is 78.9 cm³/mol. The van der Waals surface area contributed by atoms with Crippen LogP contribution in [-0.4, -0.2) is 34.0 Å². The van der Waals surface area contributed by atoms with Crippen LogP contribution in [0, 0.1) is 11.8 Å². The Morgan fingerprint density at radius 2 is 2.15 bits per heavy atom. The van der Waals surface area contributed by atoms with Gasteiger partial charge in [-0.25, -0.2) is 4.98 Å². The lowest BCUT2D eigenvalue weighted by molar-refractivity contribution is -0.142. The van der Waals surface area contributed by atoms with Gasteiger partial charge in [-0.15, -0.1) is 11.3 Å². The number of carboxylic acid groups (broad SMARTS) is 1. The fourth-order valence-corrected chi connectivity index (χ4v) is 4.36. The van der Waals surface area contributed by atoms with Crippen molar-refractivity contribution in [2.75, 3.05) is 13.1 Å². The molecule has 0 aromatic carbocycles. The van der Waals surface area contributed by atoms with Gasteiger partial charge in [-0.05, 0) is 51.1 Å². The fourth-order valence-electron chi connectivity index (χ4n) is 3.12. The molecule has 1 saturated heterocycles. The molecule has 1 N–H and O–H groups in total. The first-order chi connectivity index (χ1) is 9.61. The zero-order valence-corrected chi connectivity index (χ0v) is 12.8. The molecule has 0 amide bonds. The van der Waals surface area contributed by atoms with Crippen LogP contribution in [0.2, 0.25) is 0 Å². The summed E-state index contributed by atoms with van der Waals surface area (Å²) in [6.45, 7) is 5.61. The highest BCUT2D eigenvalue weighted by molar-refractivity contribution is 7.11. The van der Waals surface area contributed by atoms with Crippen molar-refractivity contribution in [2.45, 2.75) is 45.6 Å². The van der Waals surface area contributed by atoms with Crippen molar-refractivity contribution in [3.05, 3.63) is 15.6 Å². The number of likely N-dealkylation sites (tertiary alicyclic amines) is 1. The number of aryl methyl sites for hydroxylation is 1. The van der Waals surface area contributed by atoms with E-state index in [4.69, 9.17) is 10.1 Å². The number of carboxylic acids is 1. The van der Waals surface area contributed by atoms with Crippen LogP contribution in [0.15, 0.2) is 0 Å². The first-order valence-electron chi connectivity index (χ1n) is 7.54. The molecule has 1 unspecified atom stereocenters. The summed E-state index contributed by atoms with van der Waals surface area (Å²) < 4.78 is 0. The quantitative estimate of drug-likeness (QED) is 0.931. The lowest BCUT2D eigenvalue weighted by Crippen LogP contribution is -2.32. The molecule has 1 aromatic rings. The number of nitrogens with zero attached hydrogens (tertiary/aromatic N) is 2. The third-order valence-corrected chi connectivity index (χ3v) is 5.67. The van der Waals surface area contributed by atoms with E-state index in [9.17, 15) is 4.79 Å². The minimum atomic E-state index is -0.657. The molecule has 5 heteroatoms. The molecular weight excluding hydrogens is 272 g/mol. The Morgan fingerprint density at radius 3 is 2.85 bits per heavy atom. The van der Waals surface area contributed by atoms with Gasteiger partial charge in [0.25, 0.3) is 0 Å². The zero-order chi connectivity index (χ0) is 14.1. The van der Waals surface area contributed by atoms with Gasteiger partial charge in [0.05, 0.1) is 18.2 Å². The van der Waals surface area contributed by atoms with E-state index in [1.807, 2.05) is 0 Å². The summed E-state index contributed by atoms with van der Waals surface area (Å²) in [4.78, 5) is 19.5. The number of thiazole rings is 1. The van der Waals surface area contributed by atoms with E-state index in [1.54, 1.807) is 11.3 Å². The summed E-state index contributed by atoms with van der Waals surface area (Å²) in [7, 11) is 0. The fraction of sp³-hybridized carbons (Fsp3) is 0.733. The first-order valence-corrected chi connectivity index (χ1v) is 8.36. The van der Waals surface area contributed by atoms with Crippen LogP contribution in [0.1, 0.15) is 41.8 Å². The summed E-state index contributed by atoms with van der Waals surface area (Å²) in [5, 5.41) is 10.3. The molecule has 110 valence electrons. The van der Waals surface area contributed by atoms with Gasteiger partial charge in [-0.2, -0.15) is 0 Å². The van der Waals surface area contributed by atoms with Crippen molar-refractivity contribution in [3.8, 4) is 0 Å².